The second-order valence-electron chi connectivity index (χ2n) is 5.85. The average Bonchev–Trinajstić information content (AvgIpc) is 2.82. The largest absolute Gasteiger partial charge is 0.342 e. The second kappa shape index (κ2) is 4.02. The van der Waals surface area contributed by atoms with E-state index in [4.69, 9.17) is 0 Å². The first kappa shape index (κ1) is 10.6. The third-order valence-corrected chi connectivity index (χ3v) is 4.47. The van der Waals surface area contributed by atoms with Crippen LogP contribution in [0.25, 0.3) is 0 Å². The molecule has 0 spiro atoms. The fourth-order valence-electron chi connectivity index (χ4n) is 3.32. The molecule has 1 aliphatic carbocycles. The molecule has 2 saturated heterocycles. The van der Waals surface area contributed by atoms with E-state index in [0.717, 1.165) is 44.9 Å². The van der Waals surface area contributed by atoms with Crippen LogP contribution in [-0.2, 0) is 4.79 Å². The molecule has 16 heavy (non-hydrogen) atoms. The molecule has 3 rings (SSSR count). The summed E-state index contributed by atoms with van der Waals surface area (Å²) in [4.78, 5) is 14.7. The zero-order valence-electron chi connectivity index (χ0n) is 10.0. The van der Waals surface area contributed by atoms with Gasteiger partial charge in [0.1, 0.15) is 0 Å². The molecule has 2 aliphatic heterocycles. The van der Waals surface area contributed by atoms with Gasteiger partial charge in [-0.25, -0.2) is 0 Å². The summed E-state index contributed by atoms with van der Waals surface area (Å²) >= 11 is 0. The Bertz CT molecular complexity index is 274. The van der Waals surface area contributed by atoms with Gasteiger partial charge in [0.2, 0.25) is 5.91 Å². The van der Waals surface area contributed by atoms with E-state index in [1.165, 1.54) is 25.7 Å². The van der Waals surface area contributed by atoms with Gasteiger partial charge in [0.15, 0.2) is 0 Å². The molecule has 0 aromatic heterocycles. The third kappa shape index (κ3) is 1.86. The normalized spacial score (nSPS) is 34.6. The molecule has 0 aromatic rings. The van der Waals surface area contributed by atoms with E-state index >= 15 is 0 Å². The van der Waals surface area contributed by atoms with Crippen molar-refractivity contribution in [3.8, 4) is 0 Å². The van der Waals surface area contributed by atoms with Crippen LogP contribution in [0.5, 0.6) is 0 Å². The fourth-order valence-corrected chi connectivity index (χ4v) is 3.32. The standard InChI is InChI=1S/C13H22N2O/c16-12(15-7-1-2-8-15)13(5-6-14-10-13)9-11-3-4-11/h11,14H,1-10H2. The number of likely N-dealkylation sites (tertiary alicyclic amines) is 1. The van der Waals surface area contributed by atoms with Gasteiger partial charge in [0, 0.05) is 19.6 Å². The Morgan fingerprint density at radius 1 is 1.31 bits per heavy atom. The summed E-state index contributed by atoms with van der Waals surface area (Å²) in [6.45, 7) is 3.97. The van der Waals surface area contributed by atoms with E-state index in [-0.39, 0.29) is 5.41 Å². The number of amides is 1. The van der Waals surface area contributed by atoms with Crippen molar-refractivity contribution in [1.82, 2.24) is 10.2 Å². The van der Waals surface area contributed by atoms with Crippen LogP contribution >= 0.6 is 0 Å². The molecule has 0 radical (unpaired) electrons. The molecule has 1 unspecified atom stereocenters. The lowest BCUT2D eigenvalue weighted by molar-refractivity contribution is -0.140. The van der Waals surface area contributed by atoms with E-state index in [9.17, 15) is 4.79 Å². The third-order valence-electron chi connectivity index (χ3n) is 4.47. The molecule has 3 nitrogen and oxygen atoms in total. The Morgan fingerprint density at radius 3 is 2.62 bits per heavy atom. The van der Waals surface area contributed by atoms with Crippen molar-refractivity contribution in [2.75, 3.05) is 26.2 Å². The van der Waals surface area contributed by atoms with Gasteiger partial charge in [0.25, 0.3) is 0 Å². The predicted molar refractivity (Wildman–Crippen MR) is 63.1 cm³/mol. The first-order valence-corrected chi connectivity index (χ1v) is 6.80. The van der Waals surface area contributed by atoms with Crippen molar-refractivity contribution < 1.29 is 4.79 Å². The van der Waals surface area contributed by atoms with Gasteiger partial charge in [-0.2, -0.15) is 0 Å². The van der Waals surface area contributed by atoms with Crippen molar-refractivity contribution in [2.24, 2.45) is 11.3 Å². The van der Waals surface area contributed by atoms with Gasteiger partial charge >= 0.3 is 0 Å². The molecule has 3 aliphatic rings. The maximum atomic E-state index is 12.6. The van der Waals surface area contributed by atoms with Crippen LogP contribution in [0.4, 0.5) is 0 Å². The minimum Gasteiger partial charge on any atom is -0.342 e. The molecule has 0 bridgehead atoms. The van der Waals surface area contributed by atoms with Crippen LogP contribution < -0.4 is 5.32 Å². The van der Waals surface area contributed by atoms with Crippen LogP contribution in [0.3, 0.4) is 0 Å². The lowest BCUT2D eigenvalue weighted by Gasteiger charge is -2.31. The molecule has 1 amide bonds. The highest BCUT2D eigenvalue weighted by atomic mass is 16.2. The summed E-state index contributed by atoms with van der Waals surface area (Å²) in [5.74, 6) is 1.31. The van der Waals surface area contributed by atoms with Crippen LogP contribution in [0.1, 0.15) is 38.5 Å². The topological polar surface area (TPSA) is 32.3 Å². The Hall–Kier alpha value is -0.570. The molecule has 1 N–H and O–H groups in total. The molecular weight excluding hydrogens is 200 g/mol. The van der Waals surface area contributed by atoms with Crippen molar-refractivity contribution >= 4 is 5.91 Å². The van der Waals surface area contributed by atoms with Gasteiger partial charge in [-0.15, -0.1) is 0 Å². The summed E-state index contributed by atoms with van der Waals surface area (Å²) in [7, 11) is 0. The summed E-state index contributed by atoms with van der Waals surface area (Å²) in [5.41, 5.74) is -0.0223. The lowest BCUT2D eigenvalue weighted by atomic mass is 9.80. The maximum absolute atomic E-state index is 12.6. The first-order valence-electron chi connectivity index (χ1n) is 6.80. The number of hydrogen-bond donors (Lipinski definition) is 1. The van der Waals surface area contributed by atoms with Crippen LogP contribution in [0.15, 0.2) is 0 Å². The second-order valence-corrected chi connectivity index (χ2v) is 5.85. The Balaban J connectivity index is 1.72. The number of nitrogens with zero attached hydrogens (tertiary/aromatic N) is 1. The first-order chi connectivity index (χ1) is 7.80. The zero-order chi connectivity index (χ0) is 11.0. The highest BCUT2D eigenvalue weighted by Crippen LogP contribution is 2.44. The van der Waals surface area contributed by atoms with Gasteiger partial charge in [-0.1, -0.05) is 12.8 Å². The highest BCUT2D eigenvalue weighted by molar-refractivity contribution is 5.83. The molecule has 3 heteroatoms. The molecule has 3 fully saturated rings. The van der Waals surface area contributed by atoms with Crippen LogP contribution in [-0.4, -0.2) is 37.0 Å². The SMILES string of the molecule is O=C(N1CCCC1)C1(CC2CC2)CCNC1. The van der Waals surface area contributed by atoms with Gasteiger partial charge in [-0.3, -0.25) is 4.79 Å². The quantitative estimate of drug-likeness (QED) is 0.782. The summed E-state index contributed by atoms with van der Waals surface area (Å²) in [6.07, 6.45) is 7.34. The van der Waals surface area contributed by atoms with Crippen molar-refractivity contribution in [3.63, 3.8) is 0 Å². The van der Waals surface area contributed by atoms with Gasteiger partial charge in [0.05, 0.1) is 5.41 Å². The number of carbonyl (C=O) groups excluding carboxylic acids is 1. The van der Waals surface area contributed by atoms with E-state index in [0.29, 0.717) is 5.91 Å². The van der Waals surface area contributed by atoms with E-state index < -0.39 is 0 Å². The molecule has 0 aromatic carbocycles. The summed E-state index contributed by atoms with van der Waals surface area (Å²) in [5, 5.41) is 3.40. The average molecular weight is 222 g/mol. The van der Waals surface area contributed by atoms with Crippen LogP contribution in [0, 0.1) is 11.3 Å². The predicted octanol–water partition coefficient (Wildman–Crippen LogP) is 1.39. The summed E-state index contributed by atoms with van der Waals surface area (Å²) < 4.78 is 0. The van der Waals surface area contributed by atoms with E-state index in [1.807, 2.05) is 0 Å². The lowest BCUT2D eigenvalue weighted by Crippen LogP contribution is -2.44. The minimum absolute atomic E-state index is 0.0223. The monoisotopic (exact) mass is 222 g/mol. The Kier molecular flexibility index (Phi) is 2.66. The van der Waals surface area contributed by atoms with Crippen molar-refractivity contribution in [3.05, 3.63) is 0 Å². The fraction of sp³-hybridized carbons (Fsp3) is 0.923. The van der Waals surface area contributed by atoms with Crippen molar-refractivity contribution in [2.45, 2.75) is 38.5 Å². The molecule has 1 saturated carbocycles. The molecule has 1 atom stereocenters. The number of nitrogens with one attached hydrogen (secondary N) is 1. The zero-order valence-corrected chi connectivity index (χ0v) is 10.0. The highest BCUT2D eigenvalue weighted by Gasteiger charge is 2.46. The molecule has 2 heterocycles. The van der Waals surface area contributed by atoms with E-state index in [2.05, 4.69) is 10.2 Å². The molecule has 90 valence electrons. The number of carbonyl (C=O) groups is 1. The Morgan fingerprint density at radius 2 is 2.06 bits per heavy atom. The Labute approximate surface area is 97.6 Å². The van der Waals surface area contributed by atoms with Crippen LogP contribution in [0.2, 0.25) is 0 Å². The number of hydrogen-bond acceptors (Lipinski definition) is 2. The van der Waals surface area contributed by atoms with E-state index in [1.54, 1.807) is 0 Å². The minimum atomic E-state index is -0.0223. The maximum Gasteiger partial charge on any atom is 0.230 e. The number of rotatable bonds is 3. The smallest absolute Gasteiger partial charge is 0.230 e. The van der Waals surface area contributed by atoms with Gasteiger partial charge in [-0.05, 0) is 38.1 Å². The summed E-state index contributed by atoms with van der Waals surface area (Å²) in [6, 6.07) is 0. The van der Waals surface area contributed by atoms with Crippen molar-refractivity contribution in [1.29, 1.82) is 0 Å². The van der Waals surface area contributed by atoms with Gasteiger partial charge < -0.3 is 10.2 Å². The molecular formula is C13H22N2O.